The number of esters is 2. The second-order valence-electron chi connectivity index (χ2n) is 9.93. The first-order valence-electron chi connectivity index (χ1n) is 13.3. The van der Waals surface area contributed by atoms with Crippen molar-refractivity contribution in [2.45, 2.75) is 70.3 Å². The Balaban J connectivity index is 1.49. The van der Waals surface area contributed by atoms with Crippen molar-refractivity contribution in [1.82, 2.24) is 0 Å². The van der Waals surface area contributed by atoms with E-state index in [2.05, 4.69) is 13.5 Å². The lowest BCUT2D eigenvalue weighted by atomic mass is 9.85. The zero-order valence-electron chi connectivity index (χ0n) is 21.9. The second-order valence-corrected chi connectivity index (χ2v) is 9.93. The number of carbonyl (C=O) groups excluding carboxylic acids is 2. The van der Waals surface area contributed by atoms with Crippen LogP contribution in [0.3, 0.4) is 0 Å². The van der Waals surface area contributed by atoms with E-state index in [1.54, 1.807) is 36.4 Å². The van der Waals surface area contributed by atoms with Gasteiger partial charge in [0.25, 0.3) is 0 Å². The minimum absolute atomic E-state index is 0.0205. The molecule has 1 aliphatic carbocycles. The van der Waals surface area contributed by atoms with Crippen molar-refractivity contribution in [1.29, 1.82) is 0 Å². The SMILES string of the molecule is C=CCC1CCC(OC(=O)c2ccc(C=CC(=O)OCC(CCCC)c3cc(N)cc(N)c3)cc2)CC1. The van der Waals surface area contributed by atoms with E-state index in [4.69, 9.17) is 20.9 Å². The van der Waals surface area contributed by atoms with Crippen molar-refractivity contribution >= 4 is 29.4 Å². The van der Waals surface area contributed by atoms with E-state index in [0.29, 0.717) is 22.9 Å². The van der Waals surface area contributed by atoms with E-state index in [1.807, 2.05) is 18.2 Å². The Bertz CT molecular complexity index is 1050. The molecule has 1 unspecified atom stereocenters. The molecular weight excluding hydrogens is 464 g/mol. The van der Waals surface area contributed by atoms with Crippen LogP contribution in [0.25, 0.3) is 6.08 Å². The Kier molecular flexibility index (Phi) is 10.8. The Morgan fingerprint density at radius 1 is 1.05 bits per heavy atom. The fourth-order valence-corrected chi connectivity index (χ4v) is 4.80. The molecule has 6 heteroatoms. The van der Waals surface area contributed by atoms with Gasteiger partial charge < -0.3 is 20.9 Å². The molecule has 0 aliphatic heterocycles. The second kappa shape index (κ2) is 14.3. The normalized spacial score (nSPS) is 18.3. The Hall–Kier alpha value is -3.54. The lowest BCUT2D eigenvalue weighted by Gasteiger charge is -2.27. The number of hydrogen-bond acceptors (Lipinski definition) is 6. The van der Waals surface area contributed by atoms with E-state index in [0.717, 1.165) is 62.5 Å². The topological polar surface area (TPSA) is 105 Å². The molecule has 1 atom stereocenters. The summed E-state index contributed by atoms with van der Waals surface area (Å²) >= 11 is 0. The van der Waals surface area contributed by atoms with Crippen molar-refractivity contribution in [2.75, 3.05) is 18.1 Å². The molecule has 2 aromatic rings. The van der Waals surface area contributed by atoms with Crippen LogP contribution in [0.5, 0.6) is 0 Å². The summed E-state index contributed by atoms with van der Waals surface area (Å²) in [5, 5.41) is 0. The highest BCUT2D eigenvalue weighted by atomic mass is 16.5. The highest BCUT2D eigenvalue weighted by Crippen LogP contribution is 2.29. The van der Waals surface area contributed by atoms with Crippen LogP contribution < -0.4 is 11.5 Å². The largest absolute Gasteiger partial charge is 0.462 e. The Labute approximate surface area is 220 Å². The van der Waals surface area contributed by atoms with Crippen LogP contribution in [0.15, 0.2) is 61.2 Å². The molecule has 4 N–H and O–H groups in total. The van der Waals surface area contributed by atoms with Crippen LogP contribution in [-0.2, 0) is 14.3 Å². The highest BCUT2D eigenvalue weighted by Gasteiger charge is 2.23. The van der Waals surface area contributed by atoms with Gasteiger partial charge in [0.2, 0.25) is 0 Å². The standard InChI is InChI=1S/C31H40N2O4/c1-3-5-7-25(26-18-27(32)20-28(33)19-26)21-36-30(34)17-12-23-8-13-24(14-9-23)31(35)37-29-15-10-22(6-4-2)11-16-29/h4,8-9,12-14,17-20,22,25,29H,2-3,5-7,10-11,15-16,21,32-33H2,1H3. The van der Waals surface area contributed by atoms with Gasteiger partial charge in [-0.05, 0) is 92.0 Å². The summed E-state index contributed by atoms with van der Waals surface area (Å²) in [7, 11) is 0. The van der Waals surface area contributed by atoms with Crippen LogP contribution in [-0.4, -0.2) is 24.6 Å². The van der Waals surface area contributed by atoms with Gasteiger partial charge in [0.1, 0.15) is 6.10 Å². The highest BCUT2D eigenvalue weighted by molar-refractivity contribution is 5.90. The van der Waals surface area contributed by atoms with Gasteiger partial charge >= 0.3 is 11.9 Å². The first kappa shape index (κ1) is 28.0. The van der Waals surface area contributed by atoms with Crippen LogP contribution in [0.4, 0.5) is 11.4 Å². The molecular formula is C31H40N2O4. The third kappa shape index (κ3) is 9.12. The summed E-state index contributed by atoms with van der Waals surface area (Å²) in [4.78, 5) is 24.9. The molecule has 0 saturated heterocycles. The fraction of sp³-hybridized carbons (Fsp3) is 0.419. The molecule has 0 aromatic heterocycles. The summed E-state index contributed by atoms with van der Waals surface area (Å²) in [6, 6.07) is 12.5. The number of ether oxygens (including phenoxy) is 2. The van der Waals surface area contributed by atoms with E-state index >= 15 is 0 Å². The van der Waals surface area contributed by atoms with Crippen molar-refractivity contribution in [3.05, 3.63) is 77.9 Å². The molecule has 198 valence electrons. The van der Waals surface area contributed by atoms with Gasteiger partial charge in [-0.15, -0.1) is 6.58 Å². The minimum Gasteiger partial charge on any atom is -0.462 e. The van der Waals surface area contributed by atoms with E-state index < -0.39 is 5.97 Å². The molecule has 2 aromatic carbocycles. The average molecular weight is 505 g/mol. The molecule has 0 bridgehead atoms. The number of carbonyl (C=O) groups is 2. The summed E-state index contributed by atoms with van der Waals surface area (Å²) in [5.41, 5.74) is 15.4. The molecule has 0 amide bonds. The van der Waals surface area contributed by atoms with E-state index in [9.17, 15) is 9.59 Å². The number of rotatable bonds is 12. The summed E-state index contributed by atoms with van der Waals surface area (Å²) in [6.45, 7) is 6.19. The third-order valence-corrected chi connectivity index (χ3v) is 6.93. The van der Waals surface area contributed by atoms with Crippen molar-refractivity contribution in [2.24, 2.45) is 5.92 Å². The number of allylic oxidation sites excluding steroid dienone is 1. The Morgan fingerprint density at radius 3 is 2.35 bits per heavy atom. The first-order valence-corrected chi connectivity index (χ1v) is 13.3. The van der Waals surface area contributed by atoms with Gasteiger partial charge in [-0.2, -0.15) is 0 Å². The number of nitrogens with two attached hydrogens (primary N) is 2. The maximum atomic E-state index is 12.5. The number of anilines is 2. The lowest BCUT2D eigenvalue weighted by Crippen LogP contribution is -2.24. The van der Waals surface area contributed by atoms with Crippen LogP contribution >= 0.6 is 0 Å². The minimum atomic E-state index is -0.422. The lowest BCUT2D eigenvalue weighted by molar-refractivity contribution is -0.138. The average Bonchev–Trinajstić information content (AvgIpc) is 2.88. The number of unbranched alkanes of at least 4 members (excludes halogenated alkanes) is 1. The van der Waals surface area contributed by atoms with Gasteiger partial charge in [0.05, 0.1) is 12.2 Å². The molecule has 0 spiro atoms. The number of hydrogen-bond donors (Lipinski definition) is 2. The summed E-state index contributed by atoms with van der Waals surface area (Å²) < 4.78 is 11.2. The van der Waals surface area contributed by atoms with Crippen molar-refractivity contribution in [3.8, 4) is 0 Å². The van der Waals surface area contributed by atoms with Gasteiger partial charge in [0, 0.05) is 23.4 Å². The maximum absolute atomic E-state index is 12.5. The maximum Gasteiger partial charge on any atom is 0.338 e. The molecule has 6 nitrogen and oxygen atoms in total. The molecule has 37 heavy (non-hydrogen) atoms. The van der Waals surface area contributed by atoms with Crippen molar-refractivity contribution in [3.63, 3.8) is 0 Å². The van der Waals surface area contributed by atoms with Gasteiger partial charge in [-0.1, -0.05) is 38.0 Å². The fourth-order valence-electron chi connectivity index (χ4n) is 4.80. The number of nitrogen functional groups attached to an aromatic ring is 2. The third-order valence-electron chi connectivity index (χ3n) is 6.93. The van der Waals surface area contributed by atoms with Crippen LogP contribution in [0.2, 0.25) is 0 Å². The molecule has 1 saturated carbocycles. The van der Waals surface area contributed by atoms with Crippen LogP contribution in [0, 0.1) is 5.92 Å². The van der Waals surface area contributed by atoms with Gasteiger partial charge in [-0.25, -0.2) is 9.59 Å². The van der Waals surface area contributed by atoms with Crippen molar-refractivity contribution < 1.29 is 19.1 Å². The van der Waals surface area contributed by atoms with Gasteiger partial charge in [0.15, 0.2) is 0 Å². The van der Waals surface area contributed by atoms with Crippen LogP contribution in [0.1, 0.15) is 85.7 Å². The molecule has 1 fully saturated rings. The zero-order chi connectivity index (χ0) is 26.6. The first-order chi connectivity index (χ1) is 17.9. The molecule has 0 radical (unpaired) electrons. The summed E-state index contributed by atoms with van der Waals surface area (Å²) in [6.07, 6.45) is 12.9. The smallest absolute Gasteiger partial charge is 0.338 e. The predicted molar refractivity (Wildman–Crippen MR) is 150 cm³/mol. The monoisotopic (exact) mass is 504 g/mol. The quantitative estimate of drug-likeness (QED) is 0.145. The zero-order valence-corrected chi connectivity index (χ0v) is 21.9. The molecule has 1 aliphatic rings. The number of benzene rings is 2. The predicted octanol–water partition coefficient (Wildman–Crippen LogP) is 6.67. The van der Waals surface area contributed by atoms with E-state index in [-0.39, 0.29) is 24.6 Å². The van der Waals surface area contributed by atoms with E-state index in [1.165, 1.54) is 6.08 Å². The Morgan fingerprint density at radius 2 is 1.73 bits per heavy atom. The molecule has 3 rings (SSSR count). The van der Waals surface area contributed by atoms with Gasteiger partial charge in [-0.3, -0.25) is 0 Å². The molecule has 0 heterocycles. The summed E-state index contributed by atoms with van der Waals surface area (Å²) in [5.74, 6) is -0.0369.